The average molecular weight is 312 g/mol. The Bertz CT molecular complexity index is 861. The van der Waals surface area contributed by atoms with E-state index >= 15 is 0 Å². The fourth-order valence-corrected chi connectivity index (χ4v) is 2.90. The van der Waals surface area contributed by atoms with Gasteiger partial charge < -0.3 is 14.8 Å². The molecule has 1 aliphatic heterocycles. The van der Waals surface area contributed by atoms with E-state index in [1.54, 1.807) is 12.3 Å². The van der Waals surface area contributed by atoms with Gasteiger partial charge in [-0.15, -0.1) is 0 Å². The largest absolute Gasteiger partial charge is 0.478 e. The number of carboxylic acid groups (broad SMARTS) is 1. The van der Waals surface area contributed by atoms with Crippen LogP contribution in [0.3, 0.4) is 0 Å². The summed E-state index contributed by atoms with van der Waals surface area (Å²) < 4.78 is 7.55. The first-order valence-electron chi connectivity index (χ1n) is 7.60. The van der Waals surface area contributed by atoms with Gasteiger partial charge in [0.25, 0.3) is 0 Å². The van der Waals surface area contributed by atoms with Gasteiger partial charge in [-0.05, 0) is 31.4 Å². The average Bonchev–Trinajstić information content (AvgIpc) is 3.22. The molecule has 4 rings (SSSR count). The summed E-state index contributed by atoms with van der Waals surface area (Å²) in [6.07, 6.45) is 8.34. The number of nitrogens with zero attached hydrogens (tertiary/aromatic N) is 3. The van der Waals surface area contributed by atoms with Crippen LogP contribution in [-0.2, 0) is 4.74 Å². The van der Waals surface area contributed by atoms with Crippen molar-refractivity contribution in [2.45, 2.75) is 25.5 Å². The third-order valence-corrected chi connectivity index (χ3v) is 4.12. The summed E-state index contributed by atoms with van der Waals surface area (Å²) in [4.78, 5) is 18.5. The van der Waals surface area contributed by atoms with Gasteiger partial charge in [-0.3, -0.25) is 0 Å². The lowest BCUT2D eigenvalue weighted by atomic mass is 10.1. The summed E-state index contributed by atoms with van der Waals surface area (Å²) in [5.41, 5.74) is 2.41. The van der Waals surface area contributed by atoms with Gasteiger partial charge in [0.15, 0.2) is 0 Å². The number of aromatic carboxylic acids is 1. The maximum absolute atomic E-state index is 11.1. The number of rotatable bonds is 3. The second kappa shape index (κ2) is 5.51. The van der Waals surface area contributed by atoms with E-state index in [1.807, 2.05) is 16.9 Å². The minimum absolute atomic E-state index is 0.00895. The Morgan fingerprint density at radius 1 is 1.39 bits per heavy atom. The van der Waals surface area contributed by atoms with Crippen molar-refractivity contribution in [1.82, 2.24) is 19.7 Å². The van der Waals surface area contributed by atoms with E-state index in [0.717, 1.165) is 37.1 Å². The highest BCUT2D eigenvalue weighted by molar-refractivity contribution is 6.02. The molecule has 3 aromatic heterocycles. The van der Waals surface area contributed by atoms with Crippen LogP contribution in [-0.4, -0.2) is 37.4 Å². The molecular formula is C16H16N4O3. The number of pyridine rings is 1. The summed E-state index contributed by atoms with van der Waals surface area (Å²) >= 11 is 0. The Morgan fingerprint density at radius 2 is 2.30 bits per heavy atom. The first-order valence-corrected chi connectivity index (χ1v) is 7.60. The van der Waals surface area contributed by atoms with E-state index in [-0.39, 0.29) is 11.8 Å². The van der Waals surface area contributed by atoms with Crippen LogP contribution in [0.5, 0.6) is 0 Å². The molecule has 0 amide bonds. The minimum Gasteiger partial charge on any atom is -0.478 e. The predicted molar refractivity (Wildman–Crippen MR) is 83.1 cm³/mol. The predicted octanol–water partition coefficient (Wildman–Crippen LogP) is 2.82. The lowest BCUT2D eigenvalue weighted by molar-refractivity contribution is -0.0394. The molecule has 7 heteroatoms. The van der Waals surface area contributed by atoms with Gasteiger partial charge in [-0.1, -0.05) is 0 Å². The van der Waals surface area contributed by atoms with Crippen molar-refractivity contribution in [3.8, 4) is 11.3 Å². The molecule has 0 radical (unpaired) electrons. The number of aromatic nitrogens is 4. The zero-order valence-electron chi connectivity index (χ0n) is 12.4. The first-order chi connectivity index (χ1) is 11.2. The molecule has 0 bridgehead atoms. The van der Waals surface area contributed by atoms with Gasteiger partial charge in [0.05, 0.1) is 17.5 Å². The van der Waals surface area contributed by atoms with E-state index in [2.05, 4.69) is 15.1 Å². The molecule has 23 heavy (non-hydrogen) atoms. The summed E-state index contributed by atoms with van der Waals surface area (Å²) in [6, 6.07) is 3.58. The molecule has 118 valence electrons. The molecular weight excluding hydrogens is 296 g/mol. The van der Waals surface area contributed by atoms with Crippen LogP contribution in [0.2, 0.25) is 0 Å². The molecule has 0 spiro atoms. The third-order valence-electron chi connectivity index (χ3n) is 4.12. The highest BCUT2D eigenvalue weighted by Gasteiger charge is 2.17. The number of aromatic amines is 1. The number of nitrogens with one attached hydrogen (secondary N) is 1. The third kappa shape index (κ3) is 2.49. The zero-order chi connectivity index (χ0) is 15.8. The highest BCUT2D eigenvalue weighted by atomic mass is 16.5. The van der Waals surface area contributed by atoms with Crippen molar-refractivity contribution in [3.05, 3.63) is 36.3 Å². The van der Waals surface area contributed by atoms with Gasteiger partial charge in [0.2, 0.25) is 0 Å². The molecule has 0 aliphatic carbocycles. The maximum atomic E-state index is 11.1. The Morgan fingerprint density at radius 3 is 3.09 bits per heavy atom. The van der Waals surface area contributed by atoms with E-state index in [9.17, 15) is 4.79 Å². The fraction of sp³-hybridized carbons (Fsp3) is 0.312. The van der Waals surface area contributed by atoms with Crippen LogP contribution in [0.15, 0.2) is 30.7 Å². The van der Waals surface area contributed by atoms with Crippen molar-refractivity contribution in [3.63, 3.8) is 0 Å². The van der Waals surface area contributed by atoms with Gasteiger partial charge in [0, 0.05) is 30.0 Å². The molecule has 1 aliphatic rings. The van der Waals surface area contributed by atoms with Crippen LogP contribution < -0.4 is 0 Å². The zero-order valence-corrected chi connectivity index (χ0v) is 12.4. The molecule has 2 N–H and O–H groups in total. The second-order valence-electron chi connectivity index (χ2n) is 5.63. The number of hydrogen-bond acceptors (Lipinski definition) is 4. The van der Waals surface area contributed by atoms with E-state index in [4.69, 9.17) is 9.84 Å². The van der Waals surface area contributed by atoms with Gasteiger partial charge in [-0.25, -0.2) is 14.5 Å². The van der Waals surface area contributed by atoms with Crippen molar-refractivity contribution in [2.75, 3.05) is 6.61 Å². The van der Waals surface area contributed by atoms with Gasteiger partial charge in [-0.2, -0.15) is 5.10 Å². The normalized spacial score (nSPS) is 18.3. The Hall–Kier alpha value is -2.67. The maximum Gasteiger partial charge on any atom is 0.337 e. The summed E-state index contributed by atoms with van der Waals surface area (Å²) in [5.74, 6) is -0.965. The molecule has 4 heterocycles. The van der Waals surface area contributed by atoms with Crippen molar-refractivity contribution >= 4 is 17.0 Å². The van der Waals surface area contributed by atoms with Crippen molar-refractivity contribution < 1.29 is 14.6 Å². The van der Waals surface area contributed by atoms with Gasteiger partial charge >= 0.3 is 5.97 Å². The SMILES string of the molecule is O=C(O)c1c[nH]c2nc(-c3cnn(C4CCCCO4)c3)ccc12. The van der Waals surface area contributed by atoms with Gasteiger partial charge in [0.1, 0.15) is 11.9 Å². The molecule has 1 atom stereocenters. The van der Waals surface area contributed by atoms with Crippen LogP contribution in [0.25, 0.3) is 22.3 Å². The second-order valence-corrected chi connectivity index (χ2v) is 5.63. The topological polar surface area (TPSA) is 93.0 Å². The molecule has 1 unspecified atom stereocenters. The number of hydrogen-bond donors (Lipinski definition) is 2. The molecule has 0 aromatic carbocycles. The Kier molecular flexibility index (Phi) is 3.34. The monoisotopic (exact) mass is 312 g/mol. The first kappa shape index (κ1) is 14.0. The number of carbonyl (C=O) groups is 1. The van der Waals surface area contributed by atoms with E-state index < -0.39 is 5.97 Å². The summed E-state index contributed by atoms with van der Waals surface area (Å²) in [7, 11) is 0. The lowest BCUT2D eigenvalue weighted by Gasteiger charge is -2.22. The fourth-order valence-electron chi connectivity index (χ4n) is 2.90. The Labute approximate surface area is 131 Å². The van der Waals surface area contributed by atoms with E-state index in [0.29, 0.717) is 11.0 Å². The van der Waals surface area contributed by atoms with Crippen LogP contribution in [0, 0.1) is 0 Å². The molecule has 3 aromatic rings. The number of fused-ring (bicyclic) bond motifs is 1. The molecule has 7 nitrogen and oxygen atoms in total. The molecule has 1 fully saturated rings. The van der Waals surface area contributed by atoms with Crippen LogP contribution in [0.1, 0.15) is 35.8 Å². The molecule has 1 saturated heterocycles. The number of ether oxygens (including phenoxy) is 1. The summed E-state index contributed by atoms with van der Waals surface area (Å²) in [6.45, 7) is 0.768. The number of carboxylic acids is 1. The van der Waals surface area contributed by atoms with Crippen molar-refractivity contribution in [2.24, 2.45) is 0 Å². The van der Waals surface area contributed by atoms with Crippen molar-refractivity contribution in [1.29, 1.82) is 0 Å². The highest BCUT2D eigenvalue weighted by Crippen LogP contribution is 2.26. The summed E-state index contributed by atoms with van der Waals surface area (Å²) in [5, 5.41) is 14.1. The van der Waals surface area contributed by atoms with Crippen LogP contribution in [0.4, 0.5) is 0 Å². The van der Waals surface area contributed by atoms with E-state index in [1.165, 1.54) is 6.20 Å². The van der Waals surface area contributed by atoms with Crippen LogP contribution >= 0.6 is 0 Å². The number of H-pyrrole nitrogens is 1. The quantitative estimate of drug-likeness (QED) is 0.775. The smallest absolute Gasteiger partial charge is 0.337 e. The minimum atomic E-state index is -0.965. The Balaban J connectivity index is 1.66. The molecule has 0 saturated carbocycles. The standard InChI is InChI=1S/C16H16N4O3/c21-16(22)12-8-17-15-11(12)4-5-13(19-15)10-7-18-20(9-10)14-3-1-2-6-23-14/h4-5,7-9,14H,1-3,6H2,(H,17,19)(H,21,22). The lowest BCUT2D eigenvalue weighted by Crippen LogP contribution is -2.18.